The molecule has 1 aliphatic rings. The number of anilines is 1. The molecule has 0 spiro atoms. The van der Waals surface area contributed by atoms with Gasteiger partial charge in [-0.15, -0.1) is 0 Å². The summed E-state index contributed by atoms with van der Waals surface area (Å²) in [5.74, 6) is 0.944. The van der Waals surface area contributed by atoms with Crippen molar-refractivity contribution < 1.29 is 5.11 Å². The number of hydrogen-bond acceptors (Lipinski definition) is 3. The molecular formula is C15H18N2O. The van der Waals surface area contributed by atoms with E-state index in [1.54, 1.807) is 0 Å². The van der Waals surface area contributed by atoms with Gasteiger partial charge in [0.15, 0.2) is 0 Å². The van der Waals surface area contributed by atoms with Gasteiger partial charge in [-0.25, -0.2) is 4.98 Å². The molecule has 2 unspecified atom stereocenters. The Hall–Kier alpha value is -1.61. The third-order valence-electron chi connectivity index (χ3n) is 3.89. The average molecular weight is 242 g/mol. The number of fused-ring (bicyclic) bond motifs is 1. The van der Waals surface area contributed by atoms with Gasteiger partial charge < -0.3 is 10.0 Å². The molecule has 1 aromatic heterocycles. The minimum atomic E-state index is -0.219. The molecule has 0 radical (unpaired) electrons. The number of aromatic nitrogens is 1. The fourth-order valence-corrected chi connectivity index (χ4v) is 2.79. The number of likely N-dealkylation sites (N-methyl/N-ethyl adjacent to an activating group) is 1. The molecule has 2 aromatic rings. The van der Waals surface area contributed by atoms with Gasteiger partial charge in [0.1, 0.15) is 5.82 Å². The van der Waals surface area contributed by atoms with E-state index in [1.807, 2.05) is 31.3 Å². The number of hydrogen-bond donors (Lipinski definition) is 1. The Kier molecular flexibility index (Phi) is 2.92. The van der Waals surface area contributed by atoms with Crippen molar-refractivity contribution in [3.8, 4) is 0 Å². The van der Waals surface area contributed by atoms with Gasteiger partial charge in [0.05, 0.1) is 17.7 Å². The highest BCUT2D eigenvalue weighted by molar-refractivity contribution is 5.80. The number of aliphatic hydroxyl groups excluding tert-OH is 1. The van der Waals surface area contributed by atoms with E-state index >= 15 is 0 Å². The maximum Gasteiger partial charge on any atom is 0.129 e. The minimum absolute atomic E-state index is 0.207. The zero-order valence-electron chi connectivity index (χ0n) is 10.6. The summed E-state index contributed by atoms with van der Waals surface area (Å²) in [6, 6.07) is 12.5. The zero-order chi connectivity index (χ0) is 12.5. The topological polar surface area (TPSA) is 36.4 Å². The van der Waals surface area contributed by atoms with Crippen molar-refractivity contribution in [2.75, 3.05) is 11.9 Å². The summed E-state index contributed by atoms with van der Waals surface area (Å²) in [4.78, 5) is 6.78. The van der Waals surface area contributed by atoms with Crippen molar-refractivity contribution >= 4 is 16.7 Å². The normalized spacial score (nSPS) is 23.4. The number of benzene rings is 1. The summed E-state index contributed by atoms with van der Waals surface area (Å²) < 4.78 is 0. The number of nitrogens with zero attached hydrogens (tertiary/aromatic N) is 2. The van der Waals surface area contributed by atoms with Crippen molar-refractivity contribution in [2.45, 2.75) is 31.4 Å². The molecule has 3 nitrogen and oxygen atoms in total. The van der Waals surface area contributed by atoms with Crippen LogP contribution in [0, 0.1) is 0 Å². The minimum Gasteiger partial charge on any atom is -0.391 e. The molecule has 1 saturated carbocycles. The monoisotopic (exact) mass is 242 g/mol. The molecule has 0 amide bonds. The van der Waals surface area contributed by atoms with Crippen LogP contribution in [0.1, 0.15) is 19.3 Å². The molecule has 1 fully saturated rings. The van der Waals surface area contributed by atoms with E-state index in [-0.39, 0.29) is 12.1 Å². The predicted octanol–water partition coefficient (Wildman–Crippen LogP) is 2.58. The highest BCUT2D eigenvalue weighted by Crippen LogP contribution is 2.27. The third kappa shape index (κ3) is 1.95. The first kappa shape index (κ1) is 11.5. The van der Waals surface area contributed by atoms with Crippen LogP contribution < -0.4 is 4.90 Å². The second kappa shape index (κ2) is 4.58. The van der Waals surface area contributed by atoms with E-state index in [0.717, 1.165) is 36.0 Å². The molecule has 1 N–H and O–H groups in total. The van der Waals surface area contributed by atoms with Crippen LogP contribution in [0.15, 0.2) is 36.4 Å². The molecule has 18 heavy (non-hydrogen) atoms. The van der Waals surface area contributed by atoms with E-state index < -0.39 is 0 Å². The summed E-state index contributed by atoms with van der Waals surface area (Å²) >= 11 is 0. The van der Waals surface area contributed by atoms with Crippen LogP contribution in [0.5, 0.6) is 0 Å². The molecule has 3 heteroatoms. The van der Waals surface area contributed by atoms with Gasteiger partial charge in [0, 0.05) is 12.4 Å². The van der Waals surface area contributed by atoms with Gasteiger partial charge >= 0.3 is 0 Å². The van der Waals surface area contributed by atoms with Crippen LogP contribution in [-0.4, -0.2) is 29.3 Å². The Balaban J connectivity index is 1.93. The fourth-order valence-electron chi connectivity index (χ4n) is 2.79. The number of rotatable bonds is 2. The lowest BCUT2D eigenvalue weighted by atomic mass is 10.1. The lowest BCUT2D eigenvalue weighted by Gasteiger charge is -2.28. The van der Waals surface area contributed by atoms with E-state index in [4.69, 9.17) is 0 Å². The lowest BCUT2D eigenvalue weighted by Crippen LogP contribution is -2.38. The van der Waals surface area contributed by atoms with Crippen LogP contribution in [0.3, 0.4) is 0 Å². The van der Waals surface area contributed by atoms with Gasteiger partial charge in [-0.05, 0) is 37.5 Å². The average Bonchev–Trinajstić information content (AvgIpc) is 2.83. The van der Waals surface area contributed by atoms with Crippen LogP contribution in [-0.2, 0) is 0 Å². The Morgan fingerprint density at radius 2 is 2.00 bits per heavy atom. The Morgan fingerprint density at radius 1 is 1.17 bits per heavy atom. The van der Waals surface area contributed by atoms with E-state index in [1.165, 1.54) is 0 Å². The molecule has 1 aliphatic carbocycles. The van der Waals surface area contributed by atoms with Crippen LogP contribution in [0.25, 0.3) is 10.9 Å². The van der Waals surface area contributed by atoms with E-state index in [2.05, 4.69) is 22.0 Å². The molecule has 2 atom stereocenters. The number of para-hydroxylation sites is 1. The van der Waals surface area contributed by atoms with Crippen molar-refractivity contribution in [3.05, 3.63) is 36.4 Å². The Bertz CT molecular complexity index is 555. The van der Waals surface area contributed by atoms with Crippen molar-refractivity contribution in [2.24, 2.45) is 0 Å². The Labute approximate surface area is 107 Å². The zero-order valence-corrected chi connectivity index (χ0v) is 10.6. The smallest absolute Gasteiger partial charge is 0.129 e. The SMILES string of the molecule is CN(c1ccc2ccccc2n1)C1CCCC1O. The van der Waals surface area contributed by atoms with Crippen LogP contribution >= 0.6 is 0 Å². The summed E-state index contributed by atoms with van der Waals surface area (Å²) in [7, 11) is 2.02. The highest BCUT2D eigenvalue weighted by atomic mass is 16.3. The predicted molar refractivity (Wildman–Crippen MR) is 73.8 cm³/mol. The second-order valence-corrected chi connectivity index (χ2v) is 5.04. The summed E-state index contributed by atoms with van der Waals surface area (Å²) in [5, 5.41) is 11.1. The molecule has 94 valence electrons. The lowest BCUT2D eigenvalue weighted by molar-refractivity contribution is 0.163. The molecular weight excluding hydrogens is 224 g/mol. The molecule has 0 bridgehead atoms. The highest BCUT2D eigenvalue weighted by Gasteiger charge is 2.29. The maximum atomic E-state index is 9.96. The quantitative estimate of drug-likeness (QED) is 0.879. The maximum absolute atomic E-state index is 9.96. The molecule has 3 rings (SSSR count). The first-order valence-corrected chi connectivity index (χ1v) is 6.52. The van der Waals surface area contributed by atoms with E-state index in [9.17, 15) is 5.11 Å². The summed E-state index contributed by atoms with van der Waals surface area (Å²) in [5.41, 5.74) is 1.01. The van der Waals surface area contributed by atoms with Gasteiger partial charge in [-0.2, -0.15) is 0 Å². The number of aliphatic hydroxyl groups is 1. The summed E-state index contributed by atoms with van der Waals surface area (Å²) in [6.07, 6.45) is 2.83. The van der Waals surface area contributed by atoms with Crippen molar-refractivity contribution in [1.29, 1.82) is 0 Å². The van der Waals surface area contributed by atoms with Crippen molar-refractivity contribution in [1.82, 2.24) is 4.98 Å². The van der Waals surface area contributed by atoms with E-state index in [0.29, 0.717) is 0 Å². The van der Waals surface area contributed by atoms with Crippen LogP contribution in [0.2, 0.25) is 0 Å². The first-order valence-electron chi connectivity index (χ1n) is 6.52. The Morgan fingerprint density at radius 3 is 2.78 bits per heavy atom. The molecule has 1 aromatic carbocycles. The van der Waals surface area contributed by atoms with Gasteiger partial charge in [0.2, 0.25) is 0 Å². The van der Waals surface area contributed by atoms with Crippen molar-refractivity contribution in [3.63, 3.8) is 0 Å². The largest absolute Gasteiger partial charge is 0.391 e. The van der Waals surface area contributed by atoms with Gasteiger partial charge in [-0.3, -0.25) is 0 Å². The molecule has 0 aliphatic heterocycles. The first-order chi connectivity index (χ1) is 8.75. The molecule has 1 heterocycles. The third-order valence-corrected chi connectivity index (χ3v) is 3.89. The van der Waals surface area contributed by atoms with Crippen LogP contribution in [0.4, 0.5) is 5.82 Å². The molecule has 0 saturated heterocycles. The van der Waals surface area contributed by atoms with Gasteiger partial charge in [-0.1, -0.05) is 18.2 Å². The van der Waals surface area contributed by atoms with Gasteiger partial charge in [0.25, 0.3) is 0 Å². The summed E-state index contributed by atoms with van der Waals surface area (Å²) in [6.45, 7) is 0. The standard InChI is InChI=1S/C15H18N2O/c1-17(13-7-4-8-14(13)18)15-10-9-11-5-2-3-6-12(11)16-15/h2-3,5-6,9-10,13-14,18H,4,7-8H2,1H3. The fraction of sp³-hybridized carbons (Fsp3) is 0.400. The number of pyridine rings is 1. The second-order valence-electron chi connectivity index (χ2n) is 5.04.